The SMILES string of the molecule is CNC(C)C(=O)Nc1ccc2c(n1)CN(C(C)C)C(=O)N2c1cccc(Cl)c1. The molecule has 7 nitrogen and oxygen atoms in total. The molecular formula is C20H24ClN5O2. The van der Waals surface area contributed by atoms with E-state index < -0.39 is 0 Å². The van der Waals surface area contributed by atoms with E-state index in [9.17, 15) is 9.59 Å². The molecule has 0 bridgehead atoms. The average Bonchev–Trinajstić information content (AvgIpc) is 2.66. The monoisotopic (exact) mass is 401 g/mol. The number of likely N-dealkylation sites (N-methyl/N-ethyl adjacent to an activating group) is 1. The van der Waals surface area contributed by atoms with Crippen molar-refractivity contribution < 1.29 is 9.59 Å². The fraction of sp³-hybridized carbons (Fsp3) is 0.350. The quantitative estimate of drug-likeness (QED) is 0.799. The van der Waals surface area contributed by atoms with Gasteiger partial charge in [-0.2, -0.15) is 0 Å². The van der Waals surface area contributed by atoms with Gasteiger partial charge in [-0.25, -0.2) is 9.78 Å². The molecule has 28 heavy (non-hydrogen) atoms. The van der Waals surface area contributed by atoms with Crippen LogP contribution in [0.2, 0.25) is 5.02 Å². The van der Waals surface area contributed by atoms with Crippen molar-refractivity contribution in [2.45, 2.75) is 39.4 Å². The highest BCUT2D eigenvalue weighted by Gasteiger charge is 2.34. The number of nitrogens with zero attached hydrogens (tertiary/aromatic N) is 3. The first kappa shape index (κ1) is 20.1. The summed E-state index contributed by atoms with van der Waals surface area (Å²) >= 11 is 6.14. The van der Waals surface area contributed by atoms with Crippen molar-refractivity contribution in [2.24, 2.45) is 0 Å². The maximum atomic E-state index is 13.1. The lowest BCUT2D eigenvalue weighted by Gasteiger charge is -2.38. The Labute approximate surface area is 169 Å². The third-order valence-corrected chi connectivity index (χ3v) is 4.95. The number of carbonyl (C=O) groups excluding carboxylic acids is 2. The number of amides is 3. The van der Waals surface area contributed by atoms with Gasteiger partial charge in [-0.05, 0) is 58.2 Å². The summed E-state index contributed by atoms with van der Waals surface area (Å²) in [5.41, 5.74) is 2.07. The van der Waals surface area contributed by atoms with E-state index >= 15 is 0 Å². The van der Waals surface area contributed by atoms with Gasteiger partial charge in [-0.3, -0.25) is 9.69 Å². The van der Waals surface area contributed by atoms with E-state index in [0.717, 1.165) is 0 Å². The fourth-order valence-electron chi connectivity index (χ4n) is 2.98. The number of pyridine rings is 1. The summed E-state index contributed by atoms with van der Waals surface area (Å²) in [6.07, 6.45) is 0. The van der Waals surface area contributed by atoms with Gasteiger partial charge in [0.25, 0.3) is 0 Å². The fourth-order valence-corrected chi connectivity index (χ4v) is 3.16. The van der Waals surface area contributed by atoms with E-state index in [4.69, 9.17) is 11.6 Å². The van der Waals surface area contributed by atoms with Gasteiger partial charge >= 0.3 is 6.03 Å². The molecule has 0 saturated carbocycles. The molecule has 2 N–H and O–H groups in total. The number of anilines is 3. The van der Waals surface area contributed by atoms with Crippen molar-refractivity contribution in [3.8, 4) is 0 Å². The molecule has 0 spiro atoms. The minimum absolute atomic E-state index is 0.00769. The molecule has 8 heteroatoms. The van der Waals surface area contributed by atoms with Crippen LogP contribution in [0.3, 0.4) is 0 Å². The Morgan fingerprint density at radius 2 is 1.96 bits per heavy atom. The second kappa shape index (κ2) is 8.16. The van der Waals surface area contributed by atoms with Gasteiger partial charge in [-0.1, -0.05) is 17.7 Å². The number of halogens is 1. The zero-order valence-electron chi connectivity index (χ0n) is 16.4. The molecular weight excluding hydrogens is 378 g/mol. The van der Waals surface area contributed by atoms with Gasteiger partial charge in [0.1, 0.15) is 5.82 Å². The second-order valence-corrected chi connectivity index (χ2v) is 7.42. The highest BCUT2D eigenvalue weighted by atomic mass is 35.5. The summed E-state index contributed by atoms with van der Waals surface area (Å²) in [5.74, 6) is 0.282. The van der Waals surface area contributed by atoms with Crippen molar-refractivity contribution in [3.05, 3.63) is 47.1 Å². The van der Waals surface area contributed by atoms with Crippen LogP contribution in [-0.4, -0.2) is 41.0 Å². The van der Waals surface area contributed by atoms with E-state index in [1.54, 1.807) is 54.1 Å². The zero-order chi connectivity index (χ0) is 20.4. The number of benzene rings is 1. The molecule has 0 aliphatic carbocycles. The maximum Gasteiger partial charge on any atom is 0.329 e. The number of hydrogen-bond acceptors (Lipinski definition) is 4. The molecule has 0 radical (unpaired) electrons. The third kappa shape index (κ3) is 3.95. The molecule has 148 valence electrons. The number of carbonyl (C=O) groups is 2. The average molecular weight is 402 g/mol. The summed E-state index contributed by atoms with van der Waals surface area (Å²) in [5, 5.41) is 6.25. The Morgan fingerprint density at radius 1 is 1.21 bits per heavy atom. The van der Waals surface area contributed by atoms with Gasteiger partial charge in [0.2, 0.25) is 5.91 Å². The van der Waals surface area contributed by atoms with Crippen molar-refractivity contribution >= 4 is 40.7 Å². The lowest BCUT2D eigenvalue weighted by atomic mass is 10.1. The Kier molecular flexibility index (Phi) is 5.86. The number of fused-ring (bicyclic) bond motifs is 1. The van der Waals surface area contributed by atoms with Gasteiger partial charge in [0.15, 0.2) is 0 Å². The topological polar surface area (TPSA) is 77.6 Å². The number of urea groups is 1. The number of rotatable bonds is 5. The first-order valence-electron chi connectivity index (χ1n) is 9.16. The number of hydrogen-bond donors (Lipinski definition) is 2. The van der Waals surface area contributed by atoms with Crippen LogP contribution in [0.15, 0.2) is 36.4 Å². The van der Waals surface area contributed by atoms with E-state index in [0.29, 0.717) is 34.5 Å². The van der Waals surface area contributed by atoms with Crippen LogP contribution in [0.5, 0.6) is 0 Å². The number of aromatic nitrogens is 1. The summed E-state index contributed by atoms with van der Waals surface area (Å²) in [7, 11) is 1.72. The summed E-state index contributed by atoms with van der Waals surface area (Å²) in [6, 6.07) is 10.2. The standard InChI is InChI=1S/C20H24ClN5O2/c1-12(2)25-11-16-17(8-9-18(23-16)24-19(27)13(3)22-4)26(20(25)28)15-7-5-6-14(21)10-15/h5-10,12-13,22H,11H2,1-4H3,(H,23,24,27). The van der Waals surface area contributed by atoms with E-state index in [2.05, 4.69) is 15.6 Å². The molecule has 3 amide bonds. The summed E-state index contributed by atoms with van der Waals surface area (Å²) in [6.45, 7) is 6.06. The summed E-state index contributed by atoms with van der Waals surface area (Å²) in [4.78, 5) is 33.2. The highest BCUT2D eigenvalue weighted by Crippen LogP contribution is 2.36. The minimum atomic E-state index is -0.338. The van der Waals surface area contributed by atoms with E-state index in [1.165, 1.54) is 0 Å². The van der Waals surface area contributed by atoms with Crippen molar-refractivity contribution in [2.75, 3.05) is 17.3 Å². The van der Waals surface area contributed by atoms with E-state index in [1.807, 2.05) is 19.9 Å². The minimum Gasteiger partial charge on any atom is -0.316 e. The first-order chi connectivity index (χ1) is 13.3. The Bertz CT molecular complexity index is 902. The molecule has 0 fully saturated rings. The van der Waals surface area contributed by atoms with Gasteiger partial charge in [0.05, 0.1) is 29.7 Å². The smallest absolute Gasteiger partial charge is 0.316 e. The predicted octanol–water partition coefficient (Wildman–Crippen LogP) is 3.76. The van der Waals surface area contributed by atoms with Crippen LogP contribution in [0.1, 0.15) is 26.5 Å². The van der Waals surface area contributed by atoms with Crippen LogP contribution in [0, 0.1) is 0 Å². The van der Waals surface area contributed by atoms with Crippen molar-refractivity contribution in [1.29, 1.82) is 0 Å². The molecule has 1 aliphatic heterocycles. The first-order valence-corrected chi connectivity index (χ1v) is 9.54. The van der Waals surface area contributed by atoms with Crippen molar-refractivity contribution in [3.63, 3.8) is 0 Å². The molecule has 1 aromatic heterocycles. The third-order valence-electron chi connectivity index (χ3n) is 4.72. The molecule has 0 saturated heterocycles. The normalized spacial score (nSPS) is 14.9. The molecule has 1 aromatic carbocycles. The lowest BCUT2D eigenvalue weighted by molar-refractivity contribution is -0.117. The highest BCUT2D eigenvalue weighted by molar-refractivity contribution is 6.31. The van der Waals surface area contributed by atoms with Crippen LogP contribution in [0.25, 0.3) is 0 Å². The van der Waals surface area contributed by atoms with Crippen LogP contribution >= 0.6 is 11.6 Å². The van der Waals surface area contributed by atoms with Crippen LogP contribution < -0.4 is 15.5 Å². The molecule has 2 heterocycles. The predicted molar refractivity (Wildman–Crippen MR) is 111 cm³/mol. The maximum absolute atomic E-state index is 13.1. The Hall–Kier alpha value is -2.64. The largest absolute Gasteiger partial charge is 0.329 e. The van der Waals surface area contributed by atoms with Crippen LogP contribution in [0.4, 0.5) is 22.0 Å². The lowest BCUT2D eigenvalue weighted by Crippen LogP contribution is -2.48. The second-order valence-electron chi connectivity index (χ2n) is 6.98. The molecule has 1 unspecified atom stereocenters. The molecule has 2 aromatic rings. The Balaban J connectivity index is 2.02. The summed E-state index contributed by atoms with van der Waals surface area (Å²) < 4.78 is 0. The van der Waals surface area contributed by atoms with Gasteiger partial charge < -0.3 is 15.5 Å². The molecule has 3 rings (SSSR count). The van der Waals surface area contributed by atoms with E-state index in [-0.39, 0.29) is 24.0 Å². The van der Waals surface area contributed by atoms with Crippen LogP contribution in [-0.2, 0) is 11.3 Å². The van der Waals surface area contributed by atoms with Crippen molar-refractivity contribution in [1.82, 2.24) is 15.2 Å². The Morgan fingerprint density at radius 3 is 2.61 bits per heavy atom. The molecule has 1 atom stereocenters. The molecule has 1 aliphatic rings. The zero-order valence-corrected chi connectivity index (χ0v) is 17.1. The van der Waals surface area contributed by atoms with Gasteiger partial charge in [0, 0.05) is 11.1 Å². The van der Waals surface area contributed by atoms with Gasteiger partial charge in [-0.15, -0.1) is 0 Å². The number of nitrogens with one attached hydrogen (secondary N) is 2.